The molecule has 1 amide bonds. The van der Waals surface area contributed by atoms with E-state index in [1.165, 1.54) is 5.56 Å². The molecule has 2 aromatic carbocycles. The van der Waals surface area contributed by atoms with Crippen molar-refractivity contribution in [3.63, 3.8) is 0 Å². The zero-order chi connectivity index (χ0) is 14.0. The summed E-state index contributed by atoms with van der Waals surface area (Å²) in [6, 6.07) is 17.6. The Morgan fingerprint density at radius 2 is 1.75 bits per heavy atom. The summed E-state index contributed by atoms with van der Waals surface area (Å²) in [5.74, 6) is 0.592. The largest absolute Gasteiger partial charge is 0.468 e. The molecule has 0 saturated heterocycles. The number of rotatable bonds is 3. The maximum Gasteiger partial charge on any atom is 0.258 e. The van der Waals surface area contributed by atoms with E-state index in [2.05, 4.69) is 17.4 Å². The van der Waals surface area contributed by atoms with Crippen LogP contribution in [0.3, 0.4) is 0 Å². The van der Waals surface area contributed by atoms with Gasteiger partial charge in [-0.1, -0.05) is 42.5 Å². The second-order valence-corrected chi connectivity index (χ2v) is 5.27. The van der Waals surface area contributed by atoms with Gasteiger partial charge in [-0.25, -0.2) is 0 Å². The highest BCUT2D eigenvalue weighted by Gasteiger charge is 2.34. The van der Waals surface area contributed by atoms with Crippen LogP contribution in [-0.4, -0.2) is 11.6 Å². The second-order valence-electron chi connectivity index (χ2n) is 5.27. The van der Waals surface area contributed by atoms with E-state index < -0.39 is 5.72 Å². The number of carbonyl (C=O) groups excluding carboxylic acids is 1. The van der Waals surface area contributed by atoms with Gasteiger partial charge in [-0.2, -0.15) is 0 Å². The molecule has 20 heavy (non-hydrogen) atoms. The average Bonchev–Trinajstić information content (AvgIpc) is 2.46. The van der Waals surface area contributed by atoms with Crippen LogP contribution in [0.2, 0.25) is 0 Å². The van der Waals surface area contributed by atoms with Gasteiger partial charge in [-0.3, -0.25) is 4.79 Å². The molecule has 1 N–H and O–H groups in total. The van der Waals surface area contributed by atoms with E-state index in [1.54, 1.807) is 6.07 Å². The van der Waals surface area contributed by atoms with Crippen LogP contribution in [0, 0.1) is 0 Å². The zero-order valence-electron chi connectivity index (χ0n) is 11.4. The quantitative estimate of drug-likeness (QED) is 0.927. The first kappa shape index (κ1) is 12.7. The van der Waals surface area contributed by atoms with Gasteiger partial charge in [0.1, 0.15) is 5.75 Å². The summed E-state index contributed by atoms with van der Waals surface area (Å²) >= 11 is 0. The normalized spacial score (nSPS) is 20.8. The molecule has 0 fully saturated rings. The van der Waals surface area contributed by atoms with Gasteiger partial charge in [0.05, 0.1) is 5.56 Å². The Labute approximate surface area is 118 Å². The van der Waals surface area contributed by atoms with Crippen molar-refractivity contribution in [1.29, 1.82) is 0 Å². The molecular formula is C17H17NO2. The van der Waals surface area contributed by atoms with E-state index in [0.29, 0.717) is 11.3 Å². The monoisotopic (exact) mass is 267 g/mol. The van der Waals surface area contributed by atoms with E-state index in [0.717, 1.165) is 12.8 Å². The number of aryl methyl sites for hydroxylation is 1. The van der Waals surface area contributed by atoms with Gasteiger partial charge in [0.25, 0.3) is 5.91 Å². The lowest BCUT2D eigenvalue weighted by atomic mass is 10.0. The Morgan fingerprint density at radius 1 is 1.05 bits per heavy atom. The van der Waals surface area contributed by atoms with E-state index in [4.69, 9.17) is 4.74 Å². The third kappa shape index (κ3) is 2.52. The first-order valence-corrected chi connectivity index (χ1v) is 6.81. The predicted molar refractivity (Wildman–Crippen MR) is 77.7 cm³/mol. The molecule has 0 bridgehead atoms. The third-order valence-electron chi connectivity index (χ3n) is 3.58. The van der Waals surface area contributed by atoms with Gasteiger partial charge in [0.15, 0.2) is 5.72 Å². The van der Waals surface area contributed by atoms with Gasteiger partial charge < -0.3 is 10.1 Å². The SMILES string of the molecule is CC1(CCc2ccccc2)NC(=O)c2ccccc2O1. The van der Waals surface area contributed by atoms with E-state index >= 15 is 0 Å². The van der Waals surface area contributed by atoms with Crippen LogP contribution in [0.25, 0.3) is 0 Å². The predicted octanol–water partition coefficient (Wildman–Crippen LogP) is 3.16. The van der Waals surface area contributed by atoms with Crippen LogP contribution in [0.15, 0.2) is 54.6 Å². The molecule has 3 heteroatoms. The maximum absolute atomic E-state index is 12.1. The lowest BCUT2D eigenvalue weighted by molar-refractivity contribution is 0.0259. The second kappa shape index (κ2) is 5.00. The number of amides is 1. The van der Waals surface area contributed by atoms with Crippen molar-refractivity contribution in [2.24, 2.45) is 0 Å². The Bertz CT molecular complexity index is 624. The topological polar surface area (TPSA) is 38.3 Å². The molecule has 0 aromatic heterocycles. The minimum Gasteiger partial charge on any atom is -0.468 e. The fraction of sp³-hybridized carbons (Fsp3) is 0.235. The molecule has 2 aromatic rings. The van der Waals surface area contributed by atoms with Crippen LogP contribution in [0.4, 0.5) is 0 Å². The summed E-state index contributed by atoms with van der Waals surface area (Å²) in [5, 5.41) is 2.96. The fourth-order valence-corrected chi connectivity index (χ4v) is 2.46. The summed E-state index contributed by atoms with van der Waals surface area (Å²) in [6.07, 6.45) is 1.59. The number of benzene rings is 2. The molecule has 1 aliphatic heterocycles. The fourth-order valence-electron chi connectivity index (χ4n) is 2.46. The standard InChI is InChI=1S/C17H17NO2/c1-17(12-11-13-7-3-2-4-8-13)18-16(19)14-9-5-6-10-15(14)20-17/h2-10H,11-12H2,1H3,(H,18,19). The molecule has 1 unspecified atom stereocenters. The lowest BCUT2D eigenvalue weighted by Gasteiger charge is -2.36. The summed E-state index contributed by atoms with van der Waals surface area (Å²) < 4.78 is 5.98. The Balaban J connectivity index is 1.76. The van der Waals surface area contributed by atoms with Crippen LogP contribution >= 0.6 is 0 Å². The highest BCUT2D eigenvalue weighted by atomic mass is 16.5. The minimum absolute atomic E-state index is 0.0672. The number of nitrogens with one attached hydrogen (secondary N) is 1. The van der Waals surface area contributed by atoms with Crippen LogP contribution in [0.1, 0.15) is 29.3 Å². The van der Waals surface area contributed by atoms with Crippen molar-refractivity contribution >= 4 is 5.91 Å². The molecule has 0 spiro atoms. The number of ether oxygens (including phenoxy) is 1. The summed E-state index contributed by atoms with van der Waals surface area (Å²) in [6.45, 7) is 1.92. The van der Waals surface area contributed by atoms with Crippen LogP contribution in [0.5, 0.6) is 5.75 Å². The van der Waals surface area contributed by atoms with Gasteiger partial charge in [0.2, 0.25) is 0 Å². The molecule has 0 saturated carbocycles. The van der Waals surface area contributed by atoms with E-state index in [9.17, 15) is 4.79 Å². The van der Waals surface area contributed by atoms with E-state index in [1.807, 2.05) is 43.3 Å². The number of hydrogen-bond acceptors (Lipinski definition) is 2. The highest BCUT2D eigenvalue weighted by Crippen LogP contribution is 2.29. The number of para-hydroxylation sites is 1. The van der Waals surface area contributed by atoms with Gasteiger partial charge in [-0.15, -0.1) is 0 Å². The first-order chi connectivity index (χ1) is 9.66. The maximum atomic E-state index is 12.1. The van der Waals surface area contributed by atoms with Gasteiger partial charge in [-0.05, 0) is 31.0 Å². The zero-order valence-corrected chi connectivity index (χ0v) is 11.4. The number of fused-ring (bicyclic) bond motifs is 1. The smallest absolute Gasteiger partial charge is 0.258 e. The Kier molecular flexibility index (Phi) is 3.18. The van der Waals surface area contributed by atoms with Gasteiger partial charge in [0, 0.05) is 6.42 Å². The lowest BCUT2D eigenvalue weighted by Crippen LogP contribution is -2.54. The molecule has 0 aliphatic carbocycles. The number of hydrogen-bond donors (Lipinski definition) is 1. The molecule has 1 aliphatic rings. The van der Waals surface area contributed by atoms with Crippen molar-refractivity contribution in [1.82, 2.24) is 5.32 Å². The summed E-state index contributed by atoms with van der Waals surface area (Å²) in [7, 11) is 0. The van der Waals surface area contributed by atoms with Crippen LogP contribution < -0.4 is 10.1 Å². The van der Waals surface area contributed by atoms with Crippen LogP contribution in [-0.2, 0) is 6.42 Å². The van der Waals surface area contributed by atoms with Crippen molar-refractivity contribution < 1.29 is 9.53 Å². The molecule has 3 nitrogen and oxygen atoms in total. The Morgan fingerprint density at radius 3 is 2.55 bits per heavy atom. The molecule has 3 rings (SSSR count). The summed E-state index contributed by atoms with van der Waals surface area (Å²) in [5.41, 5.74) is 1.19. The minimum atomic E-state index is -0.652. The molecule has 1 heterocycles. The number of carbonyl (C=O) groups is 1. The van der Waals surface area contributed by atoms with E-state index in [-0.39, 0.29) is 5.91 Å². The Hall–Kier alpha value is -2.29. The van der Waals surface area contributed by atoms with Gasteiger partial charge >= 0.3 is 0 Å². The first-order valence-electron chi connectivity index (χ1n) is 6.81. The van der Waals surface area contributed by atoms with Crippen molar-refractivity contribution in [2.45, 2.75) is 25.5 Å². The van der Waals surface area contributed by atoms with Crippen molar-refractivity contribution in [3.8, 4) is 5.75 Å². The summed E-state index contributed by atoms with van der Waals surface area (Å²) in [4.78, 5) is 12.1. The molecular weight excluding hydrogens is 250 g/mol. The molecule has 1 atom stereocenters. The molecule has 0 radical (unpaired) electrons. The molecule has 102 valence electrons. The van der Waals surface area contributed by atoms with Crippen molar-refractivity contribution in [2.75, 3.05) is 0 Å². The third-order valence-corrected chi connectivity index (χ3v) is 3.58. The highest BCUT2D eigenvalue weighted by molar-refractivity contribution is 5.98. The van der Waals surface area contributed by atoms with Crippen molar-refractivity contribution in [3.05, 3.63) is 65.7 Å². The average molecular weight is 267 g/mol.